The predicted octanol–water partition coefficient (Wildman–Crippen LogP) is 2.56. The number of hydrogen-bond donors (Lipinski definition) is 2. The molecule has 3 aromatic rings. The van der Waals surface area contributed by atoms with E-state index in [1.165, 1.54) is 11.6 Å². The van der Waals surface area contributed by atoms with Crippen LogP contribution in [0.5, 0.6) is 0 Å². The first-order valence-electron chi connectivity index (χ1n) is 9.15. The molecule has 0 saturated carbocycles. The number of benzene rings is 2. The molecule has 0 aliphatic carbocycles. The molecule has 2 N–H and O–H groups in total. The van der Waals surface area contributed by atoms with Crippen LogP contribution >= 0.6 is 0 Å². The van der Waals surface area contributed by atoms with Gasteiger partial charge in [0, 0.05) is 23.9 Å². The molecule has 1 aliphatic heterocycles. The monoisotopic (exact) mass is 376 g/mol. The third kappa shape index (κ3) is 3.88. The van der Waals surface area contributed by atoms with Gasteiger partial charge in [-0.15, -0.1) is 0 Å². The average Bonchev–Trinajstić information content (AvgIpc) is 3.23. The Morgan fingerprint density at radius 1 is 1.04 bits per heavy atom. The SMILES string of the molecule is O=C(CN1CCCc2ccccc21)NNC(=O)c1cc(-c2ccccc2)no1. The molecule has 1 aromatic heterocycles. The second-order valence-corrected chi connectivity index (χ2v) is 6.60. The maximum atomic E-state index is 12.3. The number of hydrazine groups is 1. The van der Waals surface area contributed by atoms with E-state index in [0.29, 0.717) is 5.69 Å². The van der Waals surface area contributed by atoms with Gasteiger partial charge < -0.3 is 9.42 Å². The van der Waals surface area contributed by atoms with Crippen molar-refractivity contribution >= 4 is 17.5 Å². The van der Waals surface area contributed by atoms with Crippen LogP contribution in [0.1, 0.15) is 22.5 Å². The lowest BCUT2D eigenvalue weighted by Crippen LogP contribution is -2.47. The van der Waals surface area contributed by atoms with Crippen LogP contribution in [-0.4, -0.2) is 30.1 Å². The number of rotatable bonds is 4. The van der Waals surface area contributed by atoms with Crippen molar-refractivity contribution < 1.29 is 14.1 Å². The van der Waals surface area contributed by atoms with Crippen LogP contribution < -0.4 is 15.8 Å². The van der Waals surface area contributed by atoms with E-state index in [1.807, 2.05) is 53.4 Å². The minimum Gasteiger partial charge on any atom is -0.362 e. The molecule has 0 atom stereocenters. The van der Waals surface area contributed by atoms with Gasteiger partial charge in [0.25, 0.3) is 5.91 Å². The number of anilines is 1. The summed E-state index contributed by atoms with van der Waals surface area (Å²) in [5.41, 5.74) is 8.53. The molecule has 2 amide bonds. The number of para-hydroxylation sites is 1. The van der Waals surface area contributed by atoms with Crippen LogP contribution in [-0.2, 0) is 11.2 Å². The molecule has 0 fully saturated rings. The highest BCUT2D eigenvalue weighted by molar-refractivity contribution is 5.94. The van der Waals surface area contributed by atoms with Gasteiger partial charge in [-0.05, 0) is 24.5 Å². The quantitative estimate of drug-likeness (QED) is 0.684. The first-order valence-corrected chi connectivity index (χ1v) is 9.15. The molecule has 0 bridgehead atoms. The summed E-state index contributed by atoms with van der Waals surface area (Å²) in [4.78, 5) is 26.5. The zero-order chi connectivity index (χ0) is 19.3. The van der Waals surface area contributed by atoms with E-state index in [9.17, 15) is 9.59 Å². The Labute approximate surface area is 162 Å². The predicted molar refractivity (Wildman–Crippen MR) is 105 cm³/mol. The van der Waals surface area contributed by atoms with Gasteiger partial charge in [0.05, 0.1) is 6.54 Å². The fourth-order valence-electron chi connectivity index (χ4n) is 3.30. The zero-order valence-corrected chi connectivity index (χ0v) is 15.2. The van der Waals surface area contributed by atoms with Gasteiger partial charge in [0.15, 0.2) is 0 Å². The van der Waals surface area contributed by atoms with E-state index in [0.717, 1.165) is 30.6 Å². The fraction of sp³-hybridized carbons (Fsp3) is 0.190. The van der Waals surface area contributed by atoms with Crippen molar-refractivity contribution in [2.75, 3.05) is 18.0 Å². The summed E-state index contributed by atoms with van der Waals surface area (Å²) in [7, 11) is 0. The van der Waals surface area contributed by atoms with Crippen LogP contribution in [0.4, 0.5) is 5.69 Å². The summed E-state index contributed by atoms with van der Waals surface area (Å²) in [6.07, 6.45) is 2.01. The Morgan fingerprint density at radius 3 is 2.68 bits per heavy atom. The van der Waals surface area contributed by atoms with Crippen LogP contribution in [0.25, 0.3) is 11.3 Å². The fourth-order valence-corrected chi connectivity index (χ4v) is 3.30. The molecule has 0 spiro atoms. The summed E-state index contributed by atoms with van der Waals surface area (Å²) in [5, 5.41) is 3.90. The molecule has 2 heterocycles. The third-order valence-corrected chi connectivity index (χ3v) is 4.66. The van der Waals surface area contributed by atoms with Crippen molar-refractivity contribution in [1.29, 1.82) is 0 Å². The van der Waals surface area contributed by atoms with E-state index in [-0.39, 0.29) is 18.2 Å². The Morgan fingerprint density at radius 2 is 1.82 bits per heavy atom. The van der Waals surface area contributed by atoms with Crippen molar-refractivity contribution in [2.45, 2.75) is 12.8 Å². The second kappa shape index (κ2) is 7.96. The molecule has 0 unspecified atom stereocenters. The minimum absolute atomic E-state index is 0.0301. The lowest BCUT2D eigenvalue weighted by Gasteiger charge is -2.30. The van der Waals surface area contributed by atoms with E-state index >= 15 is 0 Å². The molecule has 2 aromatic carbocycles. The Kier molecular flexibility index (Phi) is 5.05. The number of fused-ring (bicyclic) bond motifs is 1. The largest absolute Gasteiger partial charge is 0.362 e. The summed E-state index contributed by atoms with van der Waals surface area (Å²) in [6, 6.07) is 19.0. The Hall–Kier alpha value is -3.61. The lowest BCUT2D eigenvalue weighted by molar-refractivity contribution is -0.120. The molecule has 142 valence electrons. The second-order valence-electron chi connectivity index (χ2n) is 6.60. The highest BCUT2D eigenvalue weighted by atomic mass is 16.5. The van der Waals surface area contributed by atoms with Crippen LogP contribution in [0.15, 0.2) is 65.2 Å². The van der Waals surface area contributed by atoms with Gasteiger partial charge in [-0.25, -0.2) is 0 Å². The van der Waals surface area contributed by atoms with Crippen molar-refractivity contribution in [3.05, 3.63) is 72.0 Å². The van der Waals surface area contributed by atoms with E-state index in [2.05, 4.69) is 22.1 Å². The first-order chi connectivity index (χ1) is 13.7. The summed E-state index contributed by atoms with van der Waals surface area (Å²) in [5.74, 6) is -0.822. The summed E-state index contributed by atoms with van der Waals surface area (Å²) in [6.45, 7) is 0.976. The number of hydrogen-bond acceptors (Lipinski definition) is 5. The lowest BCUT2D eigenvalue weighted by atomic mass is 10.0. The molecular weight excluding hydrogens is 356 g/mol. The van der Waals surface area contributed by atoms with Gasteiger partial charge in [0.2, 0.25) is 5.76 Å². The van der Waals surface area contributed by atoms with Crippen LogP contribution in [0, 0.1) is 0 Å². The van der Waals surface area contributed by atoms with Crippen molar-refractivity contribution in [2.24, 2.45) is 0 Å². The molecular formula is C21H20N4O3. The maximum absolute atomic E-state index is 12.3. The van der Waals surface area contributed by atoms with Crippen molar-refractivity contribution in [3.8, 4) is 11.3 Å². The molecule has 1 aliphatic rings. The molecule has 0 saturated heterocycles. The number of aromatic nitrogens is 1. The van der Waals surface area contributed by atoms with E-state index in [1.54, 1.807) is 0 Å². The Bertz CT molecular complexity index is 984. The number of amides is 2. The highest BCUT2D eigenvalue weighted by Crippen LogP contribution is 2.26. The number of nitrogens with one attached hydrogen (secondary N) is 2. The van der Waals surface area contributed by atoms with Gasteiger partial charge in [0.1, 0.15) is 5.69 Å². The highest BCUT2D eigenvalue weighted by Gasteiger charge is 2.19. The maximum Gasteiger partial charge on any atom is 0.308 e. The Balaban J connectivity index is 1.33. The van der Waals surface area contributed by atoms with Gasteiger partial charge in [-0.3, -0.25) is 20.4 Å². The third-order valence-electron chi connectivity index (χ3n) is 4.66. The molecule has 4 rings (SSSR count). The normalized spacial score (nSPS) is 12.9. The van der Waals surface area contributed by atoms with Crippen molar-refractivity contribution in [3.63, 3.8) is 0 Å². The summed E-state index contributed by atoms with van der Waals surface area (Å²) < 4.78 is 5.09. The zero-order valence-electron chi connectivity index (χ0n) is 15.2. The molecule has 0 radical (unpaired) electrons. The minimum atomic E-state index is -0.554. The average molecular weight is 376 g/mol. The number of nitrogens with zero attached hydrogens (tertiary/aromatic N) is 2. The number of carbonyl (C=O) groups excluding carboxylic acids is 2. The smallest absolute Gasteiger partial charge is 0.308 e. The van der Waals surface area contributed by atoms with Crippen LogP contribution in [0.2, 0.25) is 0 Å². The molecule has 7 nitrogen and oxygen atoms in total. The van der Waals surface area contributed by atoms with Crippen LogP contribution in [0.3, 0.4) is 0 Å². The van der Waals surface area contributed by atoms with Crippen molar-refractivity contribution in [1.82, 2.24) is 16.0 Å². The van der Waals surface area contributed by atoms with E-state index < -0.39 is 5.91 Å². The van der Waals surface area contributed by atoms with Gasteiger partial charge >= 0.3 is 5.91 Å². The molecule has 28 heavy (non-hydrogen) atoms. The molecule has 7 heteroatoms. The van der Waals surface area contributed by atoms with E-state index in [4.69, 9.17) is 4.52 Å². The summed E-state index contributed by atoms with van der Waals surface area (Å²) >= 11 is 0. The first kappa shape index (κ1) is 17.8. The standard InChI is InChI=1S/C21H20N4O3/c26-20(14-25-12-6-10-16-9-4-5-11-18(16)25)22-23-21(27)19-13-17(24-28-19)15-7-2-1-3-8-15/h1-5,7-9,11,13H,6,10,12,14H2,(H,22,26)(H,23,27). The number of aryl methyl sites for hydroxylation is 1. The van der Waals surface area contributed by atoms with Gasteiger partial charge in [-0.2, -0.15) is 0 Å². The van der Waals surface area contributed by atoms with Gasteiger partial charge in [-0.1, -0.05) is 53.7 Å². The number of carbonyl (C=O) groups is 2. The topological polar surface area (TPSA) is 87.5 Å².